The first-order valence-electron chi connectivity index (χ1n) is 5.40. The third kappa shape index (κ3) is 4.16. The molecule has 1 aromatic rings. The van der Waals surface area contributed by atoms with Crippen LogP contribution in [0.5, 0.6) is 0 Å². The van der Waals surface area contributed by atoms with E-state index in [1.54, 1.807) is 6.92 Å². The zero-order chi connectivity index (χ0) is 14.4. The van der Waals surface area contributed by atoms with Gasteiger partial charge in [-0.05, 0) is 19.1 Å². The molecule has 0 heterocycles. The van der Waals surface area contributed by atoms with E-state index in [4.69, 9.17) is 0 Å². The van der Waals surface area contributed by atoms with Crippen molar-refractivity contribution in [2.45, 2.75) is 6.92 Å². The van der Waals surface area contributed by atoms with Crippen LogP contribution in [-0.2, 0) is 4.79 Å². The zero-order valence-corrected chi connectivity index (χ0v) is 10.0. The second-order valence-electron chi connectivity index (χ2n) is 3.48. The topological polar surface area (TPSA) is 70.2 Å². The highest BCUT2D eigenvalue weighted by Crippen LogP contribution is 2.19. The molecule has 104 valence electrons. The van der Waals surface area contributed by atoms with Crippen LogP contribution >= 0.6 is 0 Å². The Morgan fingerprint density at radius 2 is 1.79 bits per heavy atom. The lowest BCUT2D eigenvalue weighted by atomic mass is 10.2. The summed E-state index contributed by atoms with van der Waals surface area (Å²) in [6, 6.07) is 1.01. The van der Waals surface area contributed by atoms with Gasteiger partial charge in [-0.3, -0.25) is 4.79 Å². The van der Waals surface area contributed by atoms with Crippen LogP contribution < -0.4 is 16.0 Å². The molecule has 8 heteroatoms. The fourth-order valence-corrected chi connectivity index (χ4v) is 1.20. The molecule has 0 unspecified atom stereocenters. The summed E-state index contributed by atoms with van der Waals surface area (Å²) in [6.45, 7) is 1.64. The minimum atomic E-state index is -1.67. The van der Waals surface area contributed by atoms with Crippen molar-refractivity contribution in [3.8, 4) is 0 Å². The standard InChI is InChI=1S/C11H12F3N3O2/c1-2-15-11(19)16-5-8(18)17-7-4-3-6(12)9(13)10(7)14/h3-4H,2,5H2,1H3,(H,17,18)(H2,15,16,19). The molecule has 0 fully saturated rings. The van der Waals surface area contributed by atoms with Crippen molar-refractivity contribution in [1.29, 1.82) is 0 Å². The highest BCUT2D eigenvalue weighted by Gasteiger charge is 2.15. The molecule has 3 N–H and O–H groups in total. The number of halogens is 3. The smallest absolute Gasteiger partial charge is 0.315 e. The molecule has 0 saturated heterocycles. The summed E-state index contributed by atoms with van der Waals surface area (Å²) in [7, 11) is 0. The van der Waals surface area contributed by atoms with Gasteiger partial charge in [0.2, 0.25) is 5.91 Å². The fraction of sp³-hybridized carbons (Fsp3) is 0.273. The Balaban J connectivity index is 2.58. The van der Waals surface area contributed by atoms with Crippen molar-refractivity contribution in [2.75, 3.05) is 18.4 Å². The average Bonchev–Trinajstić information content (AvgIpc) is 2.37. The molecule has 0 saturated carbocycles. The van der Waals surface area contributed by atoms with Gasteiger partial charge in [0, 0.05) is 6.54 Å². The number of carbonyl (C=O) groups excluding carboxylic acids is 2. The van der Waals surface area contributed by atoms with Gasteiger partial charge >= 0.3 is 6.03 Å². The third-order valence-corrected chi connectivity index (χ3v) is 2.06. The van der Waals surface area contributed by atoms with Crippen molar-refractivity contribution in [1.82, 2.24) is 10.6 Å². The number of urea groups is 1. The number of rotatable bonds is 4. The predicted octanol–water partition coefficient (Wildman–Crippen LogP) is 1.36. The SMILES string of the molecule is CCNC(=O)NCC(=O)Nc1ccc(F)c(F)c1F. The van der Waals surface area contributed by atoms with E-state index in [1.165, 1.54) is 0 Å². The van der Waals surface area contributed by atoms with Crippen LogP contribution in [0.1, 0.15) is 6.92 Å². The number of benzene rings is 1. The molecule has 1 aromatic carbocycles. The molecule has 5 nitrogen and oxygen atoms in total. The van der Waals surface area contributed by atoms with E-state index in [0.717, 1.165) is 6.07 Å². The van der Waals surface area contributed by atoms with E-state index < -0.39 is 41.6 Å². The molecule has 0 aliphatic rings. The molecular formula is C11H12F3N3O2. The molecule has 0 radical (unpaired) electrons. The van der Waals surface area contributed by atoms with E-state index >= 15 is 0 Å². The maximum atomic E-state index is 13.2. The molecule has 0 bridgehead atoms. The molecule has 0 spiro atoms. The highest BCUT2D eigenvalue weighted by atomic mass is 19.2. The van der Waals surface area contributed by atoms with Gasteiger partial charge < -0.3 is 16.0 Å². The Morgan fingerprint density at radius 1 is 1.11 bits per heavy atom. The molecular weight excluding hydrogens is 263 g/mol. The zero-order valence-electron chi connectivity index (χ0n) is 10.0. The second kappa shape index (κ2) is 6.62. The Morgan fingerprint density at radius 3 is 2.42 bits per heavy atom. The summed E-state index contributed by atoms with van der Waals surface area (Å²) in [5, 5.41) is 6.59. The molecule has 0 aliphatic heterocycles. The molecule has 0 aliphatic carbocycles. The first-order valence-corrected chi connectivity index (χ1v) is 5.40. The Kier molecular flexibility index (Phi) is 5.16. The molecule has 19 heavy (non-hydrogen) atoms. The molecule has 1 rings (SSSR count). The summed E-state index contributed by atoms with van der Waals surface area (Å²) in [5.74, 6) is -5.28. The number of anilines is 1. The average molecular weight is 275 g/mol. The van der Waals surface area contributed by atoms with Crippen molar-refractivity contribution in [3.63, 3.8) is 0 Å². The van der Waals surface area contributed by atoms with Gasteiger partial charge in [0.05, 0.1) is 12.2 Å². The second-order valence-corrected chi connectivity index (χ2v) is 3.48. The van der Waals surface area contributed by atoms with E-state index in [1.807, 2.05) is 5.32 Å². The summed E-state index contributed by atoms with van der Waals surface area (Å²) < 4.78 is 38.7. The van der Waals surface area contributed by atoms with Gasteiger partial charge in [-0.1, -0.05) is 0 Å². The number of carbonyl (C=O) groups is 2. The first-order chi connectivity index (χ1) is 8.95. The van der Waals surface area contributed by atoms with Crippen molar-refractivity contribution >= 4 is 17.6 Å². The molecule has 3 amide bonds. The van der Waals surface area contributed by atoms with Crippen LogP contribution in [0.25, 0.3) is 0 Å². The van der Waals surface area contributed by atoms with Crippen LogP contribution in [0, 0.1) is 17.5 Å². The van der Waals surface area contributed by atoms with Gasteiger partial charge in [0.25, 0.3) is 0 Å². The summed E-state index contributed by atoms with van der Waals surface area (Å²) in [5.41, 5.74) is -0.499. The van der Waals surface area contributed by atoms with Crippen molar-refractivity contribution in [2.24, 2.45) is 0 Å². The number of hydrogen-bond acceptors (Lipinski definition) is 2. The summed E-state index contributed by atoms with van der Waals surface area (Å²) in [6.07, 6.45) is 0. The lowest BCUT2D eigenvalue weighted by Gasteiger charge is -2.08. The van der Waals surface area contributed by atoms with Gasteiger partial charge in [0.15, 0.2) is 17.5 Å². The minimum Gasteiger partial charge on any atom is -0.338 e. The summed E-state index contributed by atoms with van der Waals surface area (Å²) in [4.78, 5) is 22.3. The maximum Gasteiger partial charge on any atom is 0.315 e. The lowest BCUT2D eigenvalue weighted by molar-refractivity contribution is -0.115. The maximum absolute atomic E-state index is 13.2. The normalized spacial score (nSPS) is 9.89. The highest BCUT2D eigenvalue weighted by molar-refractivity contribution is 5.94. The van der Waals surface area contributed by atoms with E-state index in [0.29, 0.717) is 12.6 Å². The van der Waals surface area contributed by atoms with E-state index in [9.17, 15) is 22.8 Å². The van der Waals surface area contributed by atoms with Crippen LogP contribution in [0.15, 0.2) is 12.1 Å². The quantitative estimate of drug-likeness (QED) is 0.726. The van der Waals surface area contributed by atoms with Gasteiger partial charge in [-0.2, -0.15) is 0 Å². The Bertz CT molecular complexity index is 494. The predicted molar refractivity (Wildman–Crippen MR) is 62.0 cm³/mol. The van der Waals surface area contributed by atoms with Gasteiger partial charge in [-0.25, -0.2) is 18.0 Å². The van der Waals surface area contributed by atoms with Crippen LogP contribution in [0.2, 0.25) is 0 Å². The number of nitrogens with one attached hydrogen (secondary N) is 3. The monoisotopic (exact) mass is 275 g/mol. The Labute approximate surface area is 107 Å². The molecule has 0 aromatic heterocycles. The van der Waals surface area contributed by atoms with Gasteiger partial charge in [-0.15, -0.1) is 0 Å². The molecule has 0 atom stereocenters. The Hall–Kier alpha value is -2.25. The number of amides is 3. The van der Waals surface area contributed by atoms with Crippen molar-refractivity contribution < 1.29 is 22.8 Å². The largest absolute Gasteiger partial charge is 0.338 e. The van der Waals surface area contributed by atoms with Crippen molar-refractivity contribution in [3.05, 3.63) is 29.6 Å². The first kappa shape index (κ1) is 14.8. The van der Waals surface area contributed by atoms with Crippen LogP contribution in [0.3, 0.4) is 0 Å². The van der Waals surface area contributed by atoms with Crippen LogP contribution in [0.4, 0.5) is 23.7 Å². The van der Waals surface area contributed by atoms with E-state index in [2.05, 4.69) is 10.6 Å². The minimum absolute atomic E-state index is 0.380. The van der Waals surface area contributed by atoms with E-state index in [-0.39, 0.29) is 0 Å². The van der Waals surface area contributed by atoms with Gasteiger partial charge in [0.1, 0.15) is 0 Å². The fourth-order valence-electron chi connectivity index (χ4n) is 1.20. The number of hydrogen-bond donors (Lipinski definition) is 3. The lowest BCUT2D eigenvalue weighted by Crippen LogP contribution is -2.39. The third-order valence-electron chi connectivity index (χ3n) is 2.06. The van der Waals surface area contributed by atoms with Crippen LogP contribution in [-0.4, -0.2) is 25.0 Å². The summed E-state index contributed by atoms with van der Waals surface area (Å²) >= 11 is 0.